The van der Waals surface area contributed by atoms with Crippen molar-refractivity contribution in [3.05, 3.63) is 71.4 Å². The topological polar surface area (TPSA) is 51.2 Å². The van der Waals surface area contributed by atoms with E-state index in [0.717, 1.165) is 17.2 Å². The lowest BCUT2D eigenvalue weighted by Gasteiger charge is -2.16. The fourth-order valence-corrected chi connectivity index (χ4v) is 3.36. The Morgan fingerprint density at radius 3 is 2.57 bits per heavy atom. The van der Waals surface area contributed by atoms with Gasteiger partial charge in [-0.1, -0.05) is 0 Å². The molecule has 0 aliphatic carbocycles. The number of benzene rings is 2. The lowest BCUT2D eigenvalue weighted by atomic mass is 9.92. The Bertz CT molecular complexity index is 1080. The SMILES string of the molecule is CC(C)Oc1ncccc1-c1cc(-c2ccc(F)cc2F)cc2c1CNC2=O. The zero-order chi connectivity index (χ0) is 19.8. The van der Waals surface area contributed by atoms with Gasteiger partial charge in [0.25, 0.3) is 5.91 Å². The quantitative estimate of drug-likeness (QED) is 0.712. The normalized spacial score (nSPS) is 12.8. The molecule has 0 fully saturated rings. The van der Waals surface area contributed by atoms with Crippen LogP contribution in [0.2, 0.25) is 0 Å². The van der Waals surface area contributed by atoms with E-state index in [1.54, 1.807) is 24.4 Å². The third-order valence-corrected chi connectivity index (χ3v) is 4.57. The summed E-state index contributed by atoms with van der Waals surface area (Å²) in [6.45, 7) is 4.17. The van der Waals surface area contributed by atoms with E-state index in [1.165, 1.54) is 12.1 Å². The molecule has 1 aromatic heterocycles. The lowest BCUT2D eigenvalue weighted by molar-refractivity contribution is 0.0965. The molecule has 0 saturated carbocycles. The minimum atomic E-state index is -0.686. The molecule has 2 heterocycles. The van der Waals surface area contributed by atoms with Crippen LogP contribution >= 0.6 is 0 Å². The number of pyridine rings is 1. The van der Waals surface area contributed by atoms with Crippen molar-refractivity contribution >= 4 is 5.91 Å². The minimum absolute atomic E-state index is 0.0841. The van der Waals surface area contributed by atoms with Gasteiger partial charge in [0, 0.05) is 35.5 Å². The van der Waals surface area contributed by atoms with Gasteiger partial charge in [0.15, 0.2) is 0 Å². The molecule has 4 rings (SSSR count). The third kappa shape index (κ3) is 3.22. The Kier molecular flexibility index (Phi) is 4.55. The molecular weight excluding hydrogens is 362 g/mol. The standard InChI is InChI=1S/C22H18F2N2O2/c1-12(2)28-22-16(4-3-7-25-22)17-8-13(9-18-19(17)11-26-21(18)27)15-6-5-14(23)10-20(15)24/h3-10,12H,11H2,1-2H3,(H,26,27). The van der Waals surface area contributed by atoms with Gasteiger partial charge < -0.3 is 10.1 Å². The van der Waals surface area contributed by atoms with Gasteiger partial charge in [-0.2, -0.15) is 0 Å². The number of ether oxygens (including phenoxy) is 1. The lowest BCUT2D eigenvalue weighted by Crippen LogP contribution is -2.12. The van der Waals surface area contributed by atoms with Crippen LogP contribution in [-0.2, 0) is 6.54 Å². The summed E-state index contributed by atoms with van der Waals surface area (Å²) in [5, 5.41) is 2.80. The summed E-state index contributed by atoms with van der Waals surface area (Å²) in [5.41, 5.74) is 3.43. The molecule has 0 bridgehead atoms. The first kappa shape index (κ1) is 18.1. The molecule has 0 radical (unpaired) electrons. The van der Waals surface area contributed by atoms with E-state index in [9.17, 15) is 13.6 Å². The first-order chi connectivity index (χ1) is 13.4. The molecular formula is C22H18F2N2O2. The number of rotatable bonds is 4. The molecule has 0 unspecified atom stereocenters. The molecule has 28 heavy (non-hydrogen) atoms. The second-order valence-electron chi connectivity index (χ2n) is 6.88. The van der Waals surface area contributed by atoms with E-state index >= 15 is 0 Å². The maximum absolute atomic E-state index is 14.4. The van der Waals surface area contributed by atoms with E-state index in [0.29, 0.717) is 29.1 Å². The number of hydrogen-bond acceptors (Lipinski definition) is 3. The van der Waals surface area contributed by atoms with Gasteiger partial charge in [-0.25, -0.2) is 13.8 Å². The van der Waals surface area contributed by atoms with Crippen LogP contribution in [0.4, 0.5) is 8.78 Å². The van der Waals surface area contributed by atoms with Crippen molar-refractivity contribution < 1.29 is 18.3 Å². The Morgan fingerprint density at radius 1 is 1.04 bits per heavy atom. The second-order valence-corrected chi connectivity index (χ2v) is 6.88. The van der Waals surface area contributed by atoms with E-state index < -0.39 is 11.6 Å². The Morgan fingerprint density at radius 2 is 1.82 bits per heavy atom. The van der Waals surface area contributed by atoms with Crippen LogP contribution < -0.4 is 10.1 Å². The molecule has 4 nitrogen and oxygen atoms in total. The number of nitrogens with zero attached hydrogens (tertiary/aromatic N) is 1. The van der Waals surface area contributed by atoms with E-state index in [2.05, 4.69) is 10.3 Å². The molecule has 1 N–H and O–H groups in total. The summed E-state index contributed by atoms with van der Waals surface area (Å²) in [5.74, 6) is -1.12. The van der Waals surface area contributed by atoms with Crippen molar-refractivity contribution in [3.63, 3.8) is 0 Å². The van der Waals surface area contributed by atoms with E-state index in [1.807, 2.05) is 19.9 Å². The van der Waals surface area contributed by atoms with Gasteiger partial charge >= 0.3 is 0 Å². The maximum atomic E-state index is 14.4. The number of amides is 1. The Balaban J connectivity index is 1.95. The summed E-state index contributed by atoms with van der Waals surface area (Å²) in [4.78, 5) is 16.6. The molecule has 1 aliphatic heterocycles. The van der Waals surface area contributed by atoms with Crippen LogP contribution in [0.5, 0.6) is 5.88 Å². The maximum Gasteiger partial charge on any atom is 0.251 e. The average molecular weight is 380 g/mol. The summed E-state index contributed by atoms with van der Waals surface area (Å²) >= 11 is 0. The van der Waals surface area contributed by atoms with Gasteiger partial charge in [-0.15, -0.1) is 0 Å². The Hall–Kier alpha value is -3.28. The molecule has 0 saturated heterocycles. The van der Waals surface area contributed by atoms with Crippen LogP contribution in [0.1, 0.15) is 29.8 Å². The fourth-order valence-electron chi connectivity index (χ4n) is 3.36. The second kappa shape index (κ2) is 7.03. The summed E-state index contributed by atoms with van der Waals surface area (Å²) < 4.78 is 33.6. The Labute approximate surface area is 161 Å². The van der Waals surface area contributed by atoms with Crippen molar-refractivity contribution in [3.8, 4) is 28.1 Å². The number of hydrogen-bond donors (Lipinski definition) is 1. The van der Waals surface area contributed by atoms with Gasteiger partial charge in [0.1, 0.15) is 11.6 Å². The molecule has 0 atom stereocenters. The minimum Gasteiger partial charge on any atom is -0.475 e. The highest BCUT2D eigenvalue weighted by molar-refractivity contribution is 6.02. The molecule has 1 amide bonds. The summed E-state index contributed by atoms with van der Waals surface area (Å²) in [7, 11) is 0. The number of carbonyl (C=O) groups excluding carboxylic acids is 1. The number of nitrogens with one attached hydrogen (secondary N) is 1. The molecule has 6 heteroatoms. The number of fused-ring (bicyclic) bond motifs is 1. The van der Waals surface area contributed by atoms with Crippen LogP contribution in [0, 0.1) is 11.6 Å². The highest BCUT2D eigenvalue weighted by Crippen LogP contribution is 2.38. The summed E-state index contributed by atoms with van der Waals surface area (Å²) in [6.07, 6.45) is 1.55. The first-order valence-corrected chi connectivity index (χ1v) is 8.96. The average Bonchev–Trinajstić information content (AvgIpc) is 3.02. The van der Waals surface area contributed by atoms with Crippen molar-refractivity contribution in [1.29, 1.82) is 0 Å². The van der Waals surface area contributed by atoms with Crippen LogP contribution in [0.15, 0.2) is 48.7 Å². The van der Waals surface area contributed by atoms with Crippen LogP contribution in [0.25, 0.3) is 22.3 Å². The number of carbonyl (C=O) groups is 1. The van der Waals surface area contributed by atoms with Gasteiger partial charge in [0.2, 0.25) is 5.88 Å². The number of aromatic nitrogens is 1. The highest BCUT2D eigenvalue weighted by atomic mass is 19.1. The van der Waals surface area contributed by atoms with Gasteiger partial charge in [0.05, 0.1) is 6.10 Å². The predicted molar refractivity (Wildman–Crippen MR) is 102 cm³/mol. The summed E-state index contributed by atoms with van der Waals surface area (Å²) in [6, 6.07) is 10.5. The largest absolute Gasteiger partial charge is 0.475 e. The zero-order valence-electron chi connectivity index (χ0n) is 15.4. The molecule has 2 aromatic carbocycles. The van der Waals surface area contributed by atoms with Gasteiger partial charge in [-0.3, -0.25) is 4.79 Å². The van der Waals surface area contributed by atoms with Crippen LogP contribution in [0.3, 0.4) is 0 Å². The van der Waals surface area contributed by atoms with Crippen molar-refractivity contribution in [1.82, 2.24) is 10.3 Å². The molecule has 1 aliphatic rings. The fraction of sp³-hybridized carbons (Fsp3) is 0.182. The number of halogens is 2. The van der Waals surface area contributed by atoms with E-state index in [-0.39, 0.29) is 17.6 Å². The highest BCUT2D eigenvalue weighted by Gasteiger charge is 2.26. The van der Waals surface area contributed by atoms with Crippen molar-refractivity contribution in [2.45, 2.75) is 26.5 Å². The molecule has 0 spiro atoms. The third-order valence-electron chi connectivity index (χ3n) is 4.57. The van der Waals surface area contributed by atoms with Crippen LogP contribution in [-0.4, -0.2) is 17.0 Å². The van der Waals surface area contributed by atoms with Crippen molar-refractivity contribution in [2.24, 2.45) is 0 Å². The van der Waals surface area contributed by atoms with Gasteiger partial charge in [-0.05, 0) is 66.9 Å². The molecule has 3 aromatic rings. The first-order valence-electron chi connectivity index (χ1n) is 8.96. The molecule has 142 valence electrons. The smallest absolute Gasteiger partial charge is 0.251 e. The monoisotopic (exact) mass is 380 g/mol. The predicted octanol–water partition coefficient (Wildman–Crippen LogP) is 4.72. The van der Waals surface area contributed by atoms with E-state index in [4.69, 9.17) is 4.74 Å². The van der Waals surface area contributed by atoms with Crippen molar-refractivity contribution in [2.75, 3.05) is 0 Å². The zero-order valence-corrected chi connectivity index (χ0v) is 15.4.